The Morgan fingerprint density at radius 3 is 3.19 bits per heavy atom. The number of rotatable bonds is 4. The van der Waals surface area contributed by atoms with E-state index in [0.717, 1.165) is 42.8 Å². The van der Waals surface area contributed by atoms with Crippen LogP contribution in [0.15, 0.2) is 10.7 Å². The van der Waals surface area contributed by atoms with Crippen molar-refractivity contribution in [2.75, 3.05) is 13.2 Å². The summed E-state index contributed by atoms with van der Waals surface area (Å²) in [5, 5.41) is 14.4. The summed E-state index contributed by atoms with van der Waals surface area (Å²) in [5.41, 5.74) is 0.884. The van der Waals surface area contributed by atoms with E-state index < -0.39 is 6.10 Å². The molecule has 1 aromatic heterocycles. The Morgan fingerprint density at radius 1 is 1.75 bits per heavy atom. The van der Waals surface area contributed by atoms with Crippen LogP contribution < -0.4 is 0 Å². The van der Waals surface area contributed by atoms with E-state index in [0.29, 0.717) is 5.92 Å². The van der Waals surface area contributed by atoms with Gasteiger partial charge in [-0.25, -0.2) is 0 Å². The highest BCUT2D eigenvalue weighted by atomic mass is 79.9. The van der Waals surface area contributed by atoms with Gasteiger partial charge < -0.3 is 9.84 Å². The quantitative estimate of drug-likeness (QED) is 0.923. The van der Waals surface area contributed by atoms with Gasteiger partial charge in [-0.05, 0) is 41.6 Å². The summed E-state index contributed by atoms with van der Waals surface area (Å²) in [5.74, 6) is 0.474. The van der Waals surface area contributed by atoms with Crippen LogP contribution in [-0.4, -0.2) is 28.1 Å². The van der Waals surface area contributed by atoms with E-state index in [2.05, 4.69) is 21.0 Å². The normalized spacial score (nSPS) is 22.6. The fraction of sp³-hybridized carbons (Fsp3) is 0.727. The predicted molar refractivity (Wildman–Crippen MR) is 64.1 cm³/mol. The molecule has 0 aromatic carbocycles. The van der Waals surface area contributed by atoms with Gasteiger partial charge >= 0.3 is 0 Å². The van der Waals surface area contributed by atoms with Crippen molar-refractivity contribution < 1.29 is 9.84 Å². The molecule has 90 valence electrons. The number of halogens is 1. The molecule has 1 aliphatic heterocycles. The van der Waals surface area contributed by atoms with E-state index in [1.165, 1.54) is 0 Å². The Bertz CT molecular complexity index is 348. The van der Waals surface area contributed by atoms with Crippen LogP contribution in [0.2, 0.25) is 0 Å². The van der Waals surface area contributed by atoms with Crippen LogP contribution in [0.25, 0.3) is 0 Å². The lowest BCUT2D eigenvalue weighted by Gasteiger charge is -2.16. The van der Waals surface area contributed by atoms with Gasteiger partial charge in [-0.2, -0.15) is 5.10 Å². The summed E-state index contributed by atoms with van der Waals surface area (Å²) in [6, 6.07) is 0. The number of ether oxygens (including phenoxy) is 1. The minimum Gasteiger partial charge on any atom is -0.387 e. The maximum atomic E-state index is 10.2. The average molecular weight is 289 g/mol. The predicted octanol–water partition coefficient (Wildman–Crippen LogP) is 2.13. The van der Waals surface area contributed by atoms with Crippen molar-refractivity contribution in [1.29, 1.82) is 0 Å². The van der Waals surface area contributed by atoms with Crippen molar-refractivity contribution in [2.45, 2.75) is 32.4 Å². The van der Waals surface area contributed by atoms with E-state index >= 15 is 0 Å². The molecule has 2 rings (SSSR count). The molecule has 2 heterocycles. The highest BCUT2D eigenvalue weighted by molar-refractivity contribution is 9.10. The lowest BCUT2D eigenvalue weighted by molar-refractivity contribution is 0.122. The topological polar surface area (TPSA) is 47.3 Å². The molecule has 0 saturated carbocycles. The molecule has 0 aliphatic carbocycles. The number of aliphatic hydroxyl groups excluding tert-OH is 1. The molecule has 0 bridgehead atoms. The summed E-state index contributed by atoms with van der Waals surface area (Å²) < 4.78 is 8.04. The van der Waals surface area contributed by atoms with E-state index in [-0.39, 0.29) is 0 Å². The molecule has 1 N–H and O–H groups in total. The zero-order chi connectivity index (χ0) is 11.5. The summed E-state index contributed by atoms with van der Waals surface area (Å²) >= 11 is 3.43. The van der Waals surface area contributed by atoms with E-state index in [4.69, 9.17) is 4.74 Å². The van der Waals surface area contributed by atoms with Crippen LogP contribution in [-0.2, 0) is 11.3 Å². The second-order valence-corrected chi connectivity index (χ2v) is 5.03. The van der Waals surface area contributed by atoms with Crippen molar-refractivity contribution in [2.24, 2.45) is 5.92 Å². The number of hydrogen-bond donors (Lipinski definition) is 1. The van der Waals surface area contributed by atoms with Crippen molar-refractivity contribution in [3.8, 4) is 0 Å². The molecule has 1 fully saturated rings. The molecule has 5 heteroatoms. The number of aromatic nitrogens is 2. The molecular weight excluding hydrogens is 272 g/mol. The molecule has 16 heavy (non-hydrogen) atoms. The van der Waals surface area contributed by atoms with Crippen molar-refractivity contribution >= 4 is 15.9 Å². The van der Waals surface area contributed by atoms with Crippen molar-refractivity contribution in [1.82, 2.24) is 9.78 Å². The standard InChI is InChI=1S/C11H17BrN2O2/c1-2-14-11(9(12)6-13-14)10(15)5-8-3-4-16-7-8/h6,8,10,15H,2-5,7H2,1H3. The van der Waals surface area contributed by atoms with Crippen LogP contribution in [0.4, 0.5) is 0 Å². The Kier molecular flexibility index (Phi) is 4.00. The lowest BCUT2D eigenvalue weighted by atomic mass is 9.99. The van der Waals surface area contributed by atoms with Gasteiger partial charge in [0.25, 0.3) is 0 Å². The summed E-state index contributed by atoms with van der Waals surface area (Å²) in [6.45, 7) is 4.40. The van der Waals surface area contributed by atoms with Crippen LogP contribution >= 0.6 is 15.9 Å². The van der Waals surface area contributed by atoms with Gasteiger partial charge in [0, 0.05) is 19.8 Å². The summed E-state index contributed by atoms with van der Waals surface area (Å²) in [6.07, 6.45) is 3.09. The zero-order valence-corrected chi connectivity index (χ0v) is 11.0. The Hall–Kier alpha value is -0.390. The molecule has 0 radical (unpaired) electrons. The van der Waals surface area contributed by atoms with Crippen LogP contribution in [0.3, 0.4) is 0 Å². The molecule has 0 amide bonds. The van der Waals surface area contributed by atoms with Crippen LogP contribution in [0.5, 0.6) is 0 Å². The lowest BCUT2D eigenvalue weighted by Crippen LogP contribution is -2.12. The maximum Gasteiger partial charge on any atom is 0.0971 e. The van der Waals surface area contributed by atoms with Crippen LogP contribution in [0, 0.1) is 5.92 Å². The zero-order valence-electron chi connectivity index (χ0n) is 9.40. The highest BCUT2D eigenvalue weighted by Crippen LogP contribution is 2.30. The first kappa shape index (κ1) is 12.1. The molecule has 2 unspecified atom stereocenters. The minimum absolute atomic E-state index is 0.455. The second kappa shape index (κ2) is 5.29. The second-order valence-electron chi connectivity index (χ2n) is 4.17. The van der Waals surface area contributed by atoms with Crippen molar-refractivity contribution in [3.05, 3.63) is 16.4 Å². The average Bonchev–Trinajstić information content (AvgIpc) is 2.87. The third-order valence-corrected chi connectivity index (χ3v) is 3.64. The third kappa shape index (κ3) is 2.47. The van der Waals surface area contributed by atoms with E-state index in [1.54, 1.807) is 6.20 Å². The SMILES string of the molecule is CCn1ncc(Br)c1C(O)CC1CCOC1. The van der Waals surface area contributed by atoms with Crippen LogP contribution in [0.1, 0.15) is 31.6 Å². The molecule has 2 atom stereocenters. The molecule has 1 aromatic rings. The maximum absolute atomic E-state index is 10.2. The van der Waals surface area contributed by atoms with Gasteiger partial charge in [0.05, 0.1) is 22.5 Å². The largest absolute Gasteiger partial charge is 0.387 e. The molecule has 1 saturated heterocycles. The van der Waals surface area contributed by atoms with Gasteiger partial charge in [-0.15, -0.1) is 0 Å². The van der Waals surface area contributed by atoms with Gasteiger partial charge in [0.15, 0.2) is 0 Å². The van der Waals surface area contributed by atoms with Gasteiger partial charge in [-0.3, -0.25) is 4.68 Å². The minimum atomic E-state index is -0.455. The monoisotopic (exact) mass is 288 g/mol. The Balaban J connectivity index is 2.06. The number of nitrogens with zero attached hydrogens (tertiary/aromatic N) is 2. The van der Waals surface area contributed by atoms with E-state index in [9.17, 15) is 5.11 Å². The molecular formula is C11H17BrN2O2. The molecule has 1 aliphatic rings. The first-order valence-corrected chi connectivity index (χ1v) is 6.48. The third-order valence-electron chi connectivity index (χ3n) is 3.03. The first-order chi connectivity index (χ1) is 7.72. The molecule has 4 nitrogen and oxygen atoms in total. The van der Waals surface area contributed by atoms with E-state index in [1.807, 2.05) is 11.6 Å². The summed E-state index contributed by atoms with van der Waals surface area (Å²) in [4.78, 5) is 0. The fourth-order valence-corrected chi connectivity index (χ4v) is 2.71. The Labute approximate surface area is 104 Å². The molecule has 0 spiro atoms. The number of aryl methyl sites for hydroxylation is 1. The van der Waals surface area contributed by atoms with Gasteiger partial charge in [0.2, 0.25) is 0 Å². The van der Waals surface area contributed by atoms with Gasteiger partial charge in [-0.1, -0.05) is 0 Å². The number of hydrogen-bond acceptors (Lipinski definition) is 3. The fourth-order valence-electron chi connectivity index (χ4n) is 2.15. The highest BCUT2D eigenvalue weighted by Gasteiger charge is 2.24. The van der Waals surface area contributed by atoms with Gasteiger partial charge in [0.1, 0.15) is 0 Å². The van der Waals surface area contributed by atoms with Crippen molar-refractivity contribution in [3.63, 3.8) is 0 Å². The first-order valence-electron chi connectivity index (χ1n) is 5.69. The Morgan fingerprint density at radius 2 is 2.56 bits per heavy atom. The number of aliphatic hydroxyl groups is 1. The summed E-state index contributed by atoms with van der Waals surface area (Å²) in [7, 11) is 0. The smallest absolute Gasteiger partial charge is 0.0971 e.